The summed E-state index contributed by atoms with van der Waals surface area (Å²) in [6.45, 7) is 7.35. The Morgan fingerprint density at radius 2 is 1.72 bits per heavy atom. The number of nitrogens with zero attached hydrogens (tertiary/aromatic N) is 3. The minimum Gasteiger partial charge on any atom is -0.311 e. The first kappa shape index (κ1) is 24.5. The van der Waals surface area contributed by atoms with Gasteiger partial charge in [0.1, 0.15) is 0 Å². The van der Waals surface area contributed by atoms with Crippen LogP contribution in [0.1, 0.15) is 13.8 Å². The smallest absolute Gasteiger partial charge is 0.311 e. The predicted molar refractivity (Wildman–Crippen MR) is 128 cm³/mol. The van der Waals surface area contributed by atoms with Gasteiger partial charge in [-0.2, -0.15) is 5.06 Å². The second kappa shape index (κ2) is 9.37. The zero-order valence-electron chi connectivity index (χ0n) is 17.2. The van der Waals surface area contributed by atoms with Gasteiger partial charge >= 0.3 is 12.1 Å². The van der Waals surface area contributed by atoms with Crippen LogP contribution in [0, 0.1) is 0 Å². The SMILES string of the molecule is C=CCN1C(=O)N(c2ccc(Cl)c(Cl)c2)[C@@H](N(O)C(=O)Nc2ccc(Cl)c(Cl)c2)C1(C)C. The van der Waals surface area contributed by atoms with Crippen molar-refractivity contribution in [3.05, 3.63) is 69.1 Å². The highest BCUT2D eigenvalue weighted by atomic mass is 35.5. The number of anilines is 2. The van der Waals surface area contributed by atoms with Crippen LogP contribution in [0.2, 0.25) is 20.1 Å². The van der Waals surface area contributed by atoms with E-state index in [1.165, 1.54) is 40.1 Å². The van der Waals surface area contributed by atoms with E-state index in [1.54, 1.807) is 26.0 Å². The highest BCUT2D eigenvalue weighted by Gasteiger charge is 2.55. The number of carbonyl (C=O) groups excluding carboxylic acids is 2. The average Bonchev–Trinajstić information content (AvgIpc) is 2.92. The molecule has 1 saturated heterocycles. The van der Waals surface area contributed by atoms with Gasteiger partial charge in [0.15, 0.2) is 6.17 Å². The second-order valence-corrected chi connectivity index (χ2v) is 9.21. The number of hydrogen-bond donors (Lipinski definition) is 2. The van der Waals surface area contributed by atoms with Gasteiger partial charge in [0.2, 0.25) is 0 Å². The summed E-state index contributed by atoms with van der Waals surface area (Å²) < 4.78 is 0. The van der Waals surface area contributed by atoms with E-state index in [9.17, 15) is 14.8 Å². The Kier molecular flexibility index (Phi) is 7.17. The van der Waals surface area contributed by atoms with E-state index in [1.807, 2.05) is 0 Å². The molecule has 1 atom stereocenters. The first-order valence-corrected chi connectivity index (χ1v) is 10.9. The summed E-state index contributed by atoms with van der Waals surface area (Å²) in [6, 6.07) is 7.78. The van der Waals surface area contributed by atoms with Crippen LogP contribution in [0.4, 0.5) is 21.0 Å². The molecular weight excluding hydrogens is 498 g/mol. The lowest BCUT2D eigenvalue weighted by molar-refractivity contribution is -0.0941. The van der Waals surface area contributed by atoms with E-state index in [0.29, 0.717) is 26.5 Å². The lowest BCUT2D eigenvalue weighted by Crippen LogP contribution is -2.58. The topological polar surface area (TPSA) is 76.1 Å². The van der Waals surface area contributed by atoms with Gasteiger partial charge in [-0.05, 0) is 50.2 Å². The monoisotopic (exact) mass is 516 g/mol. The molecule has 11 heteroatoms. The molecule has 2 aromatic carbocycles. The molecule has 1 aliphatic rings. The van der Waals surface area contributed by atoms with Gasteiger partial charge < -0.3 is 10.2 Å². The fourth-order valence-corrected chi connectivity index (χ4v) is 4.13. The summed E-state index contributed by atoms with van der Waals surface area (Å²) in [5.74, 6) is 0. The number of carbonyl (C=O) groups is 2. The third-order valence-electron chi connectivity index (χ3n) is 5.11. The Morgan fingerprint density at radius 1 is 1.12 bits per heavy atom. The van der Waals surface area contributed by atoms with Crippen LogP contribution in [0.15, 0.2) is 49.1 Å². The Bertz CT molecular complexity index is 1080. The lowest BCUT2D eigenvalue weighted by atomic mass is 10.00. The van der Waals surface area contributed by atoms with Crippen molar-refractivity contribution in [2.45, 2.75) is 25.6 Å². The Hall–Kier alpha value is -2.16. The van der Waals surface area contributed by atoms with Crippen molar-refractivity contribution in [1.29, 1.82) is 0 Å². The van der Waals surface area contributed by atoms with Crippen LogP contribution < -0.4 is 10.2 Å². The van der Waals surface area contributed by atoms with E-state index in [4.69, 9.17) is 46.4 Å². The maximum Gasteiger partial charge on any atom is 0.347 e. The zero-order valence-corrected chi connectivity index (χ0v) is 20.2. The van der Waals surface area contributed by atoms with Crippen LogP contribution in [0.3, 0.4) is 0 Å². The molecule has 1 aliphatic heterocycles. The summed E-state index contributed by atoms with van der Waals surface area (Å²) >= 11 is 24.1. The van der Waals surface area contributed by atoms with Crippen molar-refractivity contribution in [1.82, 2.24) is 9.96 Å². The Balaban J connectivity index is 2.00. The maximum absolute atomic E-state index is 13.3. The molecule has 170 valence electrons. The zero-order chi connectivity index (χ0) is 23.8. The number of nitrogens with one attached hydrogen (secondary N) is 1. The van der Waals surface area contributed by atoms with Crippen molar-refractivity contribution in [2.24, 2.45) is 0 Å². The van der Waals surface area contributed by atoms with Crippen molar-refractivity contribution in [3.63, 3.8) is 0 Å². The number of halogens is 4. The third kappa shape index (κ3) is 4.49. The molecule has 0 saturated carbocycles. The normalized spacial score (nSPS) is 17.5. The number of hydrogen-bond acceptors (Lipinski definition) is 3. The van der Waals surface area contributed by atoms with Crippen LogP contribution in [-0.4, -0.2) is 45.5 Å². The van der Waals surface area contributed by atoms with E-state index in [0.717, 1.165) is 0 Å². The maximum atomic E-state index is 13.3. The molecule has 0 unspecified atom stereocenters. The first-order valence-electron chi connectivity index (χ1n) is 9.40. The van der Waals surface area contributed by atoms with Crippen LogP contribution >= 0.6 is 46.4 Å². The minimum absolute atomic E-state index is 0.197. The molecule has 3 rings (SSSR count). The van der Waals surface area contributed by atoms with E-state index in [2.05, 4.69) is 11.9 Å². The molecule has 1 fully saturated rings. The summed E-state index contributed by atoms with van der Waals surface area (Å²) in [5, 5.41) is 15.0. The minimum atomic E-state index is -1.12. The fraction of sp³-hybridized carbons (Fsp3) is 0.238. The fourth-order valence-electron chi connectivity index (χ4n) is 3.54. The molecule has 0 aromatic heterocycles. The lowest BCUT2D eigenvalue weighted by Gasteiger charge is -2.38. The summed E-state index contributed by atoms with van der Waals surface area (Å²) in [4.78, 5) is 29.0. The van der Waals surface area contributed by atoms with Crippen molar-refractivity contribution < 1.29 is 14.8 Å². The van der Waals surface area contributed by atoms with Gasteiger partial charge in [0.05, 0.1) is 25.6 Å². The molecule has 0 bridgehead atoms. The molecule has 2 aromatic rings. The van der Waals surface area contributed by atoms with Gasteiger partial charge in [-0.1, -0.05) is 52.5 Å². The molecule has 7 nitrogen and oxygen atoms in total. The van der Waals surface area contributed by atoms with Crippen molar-refractivity contribution in [3.8, 4) is 0 Å². The highest BCUT2D eigenvalue weighted by Crippen LogP contribution is 2.39. The summed E-state index contributed by atoms with van der Waals surface area (Å²) in [6.07, 6.45) is 0.446. The number of rotatable bonds is 5. The molecule has 0 aliphatic carbocycles. The molecule has 0 radical (unpaired) electrons. The van der Waals surface area contributed by atoms with E-state index >= 15 is 0 Å². The van der Waals surface area contributed by atoms with Gasteiger partial charge in [0, 0.05) is 17.9 Å². The quantitative estimate of drug-likeness (QED) is 0.261. The predicted octanol–water partition coefficient (Wildman–Crippen LogP) is 6.76. The van der Waals surface area contributed by atoms with Crippen LogP contribution in [0.25, 0.3) is 0 Å². The van der Waals surface area contributed by atoms with Gasteiger partial charge in [0.25, 0.3) is 0 Å². The molecule has 4 amide bonds. The Labute approximate surface area is 205 Å². The van der Waals surface area contributed by atoms with Crippen molar-refractivity contribution >= 4 is 69.8 Å². The van der Waals surface area contributed by atoms with Gasteiger partial charge in [-0.3, -0.25) is 10.1 Å². The van der Waals surface area contributed by atoms with Gasteiger partial charge in [-0.25, -0.2) is 9.59 Å². The van der Waals surface area contributed by atoms with E-state index < -0.39 is 23.8 Å². The summed E-state index contributed by atoms with van der Waals surface area (Å²) in [5.41, 5.74) is -0.341. The molecule has 32 heavy (non-hydrogen) atoms. The van der Waals surface area contributed by atoms with Gasteiger partial charge in [-0.15, -0.1) is 6.58 Å². The number of urea groups is 2. The molecular formula is C21H20Cl4N4O3. The average molecular weight is 518 g/mol. The first-order chi connectivity index (χ1) is 15.0. The van der Waals surface area contributed by atoms with Crippen molar-refractivity contribution in [2.75, 3.05) is 16.8 Å². The third-order valence-corrected chi connectivity index (χ3v) is 6.59. The number of amides is 4. The second-order valence-electron chi connectivity index (χ2n) is 7.58. The largest absolute Gasteiger partial charge is 0.347 e. The highest BCUT2D eigenvalue weighted by molar-refractivity contribution is 6.42. The number of hydroxylamine groups is 2. The standard InChI is InChI=1S/C21H20Cl4N4O3/c1-4-9-27-20(31)28(13-6-8-15(23)17(25)11-13)18(21(27,2)3)29(32)19(30)26-12-5-7-14(22)16(24)10-12/h4-8,10-11,18,32H,1,9H2,2-3H3,(H,26,30)/t18-/m0/s1. The molecule has 1 heterocycles. The Morgan fingerprint density at radius 3 is 2.28 bits per heavy atom. The molecule has 2 N–H and O–H groups in total. The van der Waals surface area contributed by atoms with Crippen LogP contribution in [0.5, 0.6) is 0 Å². The number of benzene rings is 2. The molecule has 0 spiro atoms. The summed E-state index contributed by atoms with van der Waals surface area (Å²) in [7, 11) is 0. The van der Waals surface area contributed by atoms with E-state index in [-0.39, 0.29) is 16.6 Å². The van der Waals surface area contributed by atoms with Crippen LogP contribution in [-0.2, 0) is 0 Å².